The number of aliphatic hydroxyl groups excluding tert-OH is 8. The number of ether oxygens (including phenoxy) is 4. The molecule has 2 heterocycles. The van der Waals surface area contributed by atoms with Crippen LogP contribution in [0.1, 0.15) is 373 Å². The summed E-state index contributed by atoms with van der Waals surface area (Å²) in [5.74, 6) is -0.250. The SMILES string of the molecule is CC/C=C\C/C=C\C/C=C\C/C=C\C/C=C\C/C=C\CCCCCCCCCCCCCCCCCCCCCCC(=O)NC(COC1OC(CO)C(OC2OC(CO)C(O)C(O)C2O)C(O)C1O)C(O)/C=C/CC/C=C/CC/C=C/CCCCCCCCCCCCCCCCCCCCCCCCC. The van der Waals surface area contributed by atoms with Gasteiger partial charge < -0.3 is 65.1 Å². The highest BCUT2D eigenvalue weighted by Crippen LogP contribution is 2.30. The second-order valence-electron chi connectivity index (χ2n) is 30.6. The highest BCUT2D eigenvalue weighted by atomic mass is 16.7. The lowest BCUT2D eigenvalue weighted by atomic mass is 9.97. The molecule has 9 N–H and O–H groups in total. The van der Waals surface area contributed by atoms with Gasteiger partial charge in [-0.05, 0) is 96.3 Å². The van der Waals surface area contributed by atoms with E-state index in [2.05, 4.69) is 116 Å². The van der Waals surface area contributed by atoms with Crippen molar-refractivity contribution < 1.29 is 64.6 Å². The van der Waals surface area contributed by atoms with Gasteiger partial charge in [0.25, 0.3) is 0 Å². The zero-order chi connectivity index (χ0) is 76.5. The summed E-state index contributed by atoms with van der Waals surface area (Å²) in [6.45, 7) is 2.71. The summed E-state index contributed by atoms with van der Waals surface area (Å²) < 4.78 is 22.9. The van der Waals surface area contributed by atoms with Gasteiger partial charge in [0.05, 0.1) is 32.0 Å². The number of amides is 1. The van der Waals surface area contributed by atoms with Crippen molar-refractivity contribution in [3.8, 4) is 0 Å². The van der Waals surface area contributed by atoms with Gasteiger partial charge in [0.15, 0.2) is 12.6 Å². The third-order valence-electron chi connectivity index (χ3n) is 20.9. The van der Waals surface area contributed by atoms with Crippen molar-refractivity contribution in [3.63, 3.8) is 0 Å². The fraction of sp³-hybridized carbons (Fsp3) is 0.793. The van der Waals surface area contributed by atoms with E-state index in [0.717, 1.165) is 83.5 Å². The number of rotatable bonds is 74. The Balaban J connectivity index is 1.59. The van der Waals surface area contributed by atoms with Gasteiger partial charge in [0.2, 0.25) is 5.91 Å². The fourth-order valence-corrected chi connectivity index (χ4v) is 14.0. The van der Waals surface area contributed by atoms with Crippen LogP contribution in [0.4, 0.5) is 0 Å². The average molecular weight is 1490 g/mol. The number of carbonyl (C=O) groups excluding carboxylic acids is 1. The summed E-state index contributed by atoms with van der Waals surface area (Å²) in [6, 6.07) is -0.945. The molecule has 12 unspecified atom stereocenters. The number of hydrogen-bond donors (Lipinski definition) is 9. The van der Waals surface area contributed by atoms with Gasteiger partial charge in [-0.25, -0.2) is 0 Å². The van der Waals surface area contributed by atoms with Crippen molar-refractivity contribution in [1.29, 1.82) is 0 Å². The Morgan fingerprint density at radius 3 is 1.04 bits per heavy atom. The molecule has 0 aliphatic carbocycles. The summed E-state index contributed by atoms with van der Waals surface area (Å²) >= 11 is 0. The van der Waals surface area contributed by atoms with Crippen LogP contribution in [0.15, 0.2) is 109 Å². The number of carbonyl (C=O) groups is 1. The van der Waals surface area contributed by atoms with Crippen LogP contribution in [0, 0.1) is 0 Å². The third-order valence-corrected chi connectivity index (χ3v) is 20.9. The summed E-state index contributed by atoms with van der Waals surface area (Å²) in [5, 5.41) is 87.8. The second-order valence-corrected chi connectivity index (χ2v) is 30.6. The van der Waals surface area contributed by atoms with Crippen LogP contribution >= 0.6 is 0 Å². The number of aliphatic hydroxyl groups is 8. The monoisotopic (exact) mass is 1490 g/mol. The number of hydrogen-bond acceptors (Lipinski definition) is 13. The van der Waals surface area contributed by atoms with Gasteiger partial charge in [-0.2, -0.15) is 0 Å². The zero-order valence-corrected chi connectivity index (χ0v) is 67.7. The molecule has 106 heavy (non-hydrogen) atoms. The molecule has 14 nitrogen and oxygen atoms in total. The summed E-state index contributed by atoms with van der Waals surface area (Å²) in [5.41, 5.74) is 0. The molecule has 0 aromatic carbocycles. The molecule has 0 bridgehead atoms. The topological polar surface area (TPSA) is 228 Å². The maximum absolute atomic E-state index is 13.4. The molecule has 0 radical (unpaired) electrons. The van der Waals surface area contributed by atoms with Crippen LogP contribution in [0.2, 0.25) is 0 Å². The van der Waals surface area contributed by atoms with Gasteiger partial charge in [0, 0.05) is 6.42 Å². The van der Waals surface area contributed by atoms with Gasteiger partial charge in [0.1, 0.15) is 48.8 Å². The van der Waals surface area contributed by atoms with Crippen LogP contribution in [0.5, 0.6) is 0 Å². The quantitative estimate of drug-likeness (QED) is 0.0204. The molecular weight excluding hydrogens is 1330 g/mol. The fourth-order valence-electron chi connectivity index (χ4n) is 14.0. The standard InChI is InChI=1S/C92H163NO13/c1-3-5-7-9-11-13-15-17-19-21-23-25-27-29-31-33-35-37-38-39-40-41-42-44-46-48-50-52-54-56-58-60-62-64-66-68-70-72-74-76-84(97)93-80(79-103-91-89(102)87(100)90(83(78-95)105-91)106-92-88(101)86(99)85(98)82(77-94)104-92)81(96)75-73-71-69-67-65-63-61-59-57-55-53-51-49-47-45-43-36-34-32-30-28-26-24-22-20-18-16-14-12-10-8-6-4-2/h5,7,11,13,17,19,23,25,29,31,35,37,57,59,65,67,73,75,80-83,85-92,94-96,98-102H,3-4,6,8-10,12,14-16,18,20-22,24,26-28,30,32-34,36,38-56,58,60-64,66,68-72,74,76-79H2,1-2H3,(H,93,97)/b7-5-,13-11-,19-17-,25-23-,31-29-,37-35-,59-57+,67-65+,75-73+. The molecule has 614 valence electrons. The van der Waals surface area contributed by atoms with Crippen molar-refractivity contribution >= 4 is 5.91 Å². The minimum absolute atomic E-state index is 0.250. The molecule has 0 spiro atoms. The van der Waals surface area contributed by atoms with Gasteiger partial charge in [-0.3, -0.25) is 4.79 Å². The van der Waals surface area contributed by atoms with E-state index in [-0.39, 0.29) is 18.9 Å². The largest absolute Gasteiger partial charge is 0.394 e. The molecule has 2 aliphatic rings. The van der Waals surface area contributed by atoms with E-state index >= 15 is 0 Å². The third kappa shape index (κ3) is 56.0. The van der Waals surface area contributed by atoms with E-state index in [4.69, 9.17) is 18.9 Å². The molecule has 14 heteroatoms. The van der Waals surface area contributed by atoms with Crippen LogP contribution in [0.25, 0.3) is 0 Å². The van der Waals surface area contributed by atoms with E-state index in [0.29, 0.717) is 12.8 Å². The lowest BCUT2D eigenvalue weighted by molar-refractivity contribution is -0.359. The first kappa shape index (κ1) is 98.7. The second kappa shape index (κ2) is 74.4. The Kier molecular flexibility index (Phi) is 69.3. The van der Waals surface area contributed by atoms with Gasteiger partial charge in [-0.1, -0.05) is 380 Å². The molecule has 2 fully saturated rings. The van der Waals surface area contributed by atoms with E-state index in [9.17, 15) is 45.6 Å². The Hall–Kier alpha value is -3.35. The zero-order valence-electron chi connectivity index (χ0n) is 67.7. The molecule has 0 saturated carbocycles. The minimum Gasteiger partial charge on any atom is -0.394 e. The minimum atomic E-state index is -1.80. The van der Waals surface area contributed by atoms with Crippen LogP contribution in [-0.2, 0) is 23.7 Å². The highest BCUT2D eigenvalue weighted by molar-refractivity contribution is 5.76. The molecule has 0 aromatic rings. The lowest BCUT2D eigenvalue weighted by Crippen LogP contribution is -2.65. The van der Waals surface area contributed by atoms with Crippen molar-refractivity contribution in [1.82, 2.24) is 5.32 Å². The normalized spacial score (nSPS) is 21.8. The van der Waals surface area contributed by atoms with Crippen molar-refractivity contribution in [3.05, 3.63) is 109 Å². The molecule has 1 amide bonds. The predicted octanol–water partition coefficient (Wildman–Crippen LogP) is 21.4. The first-order chi connectivity index (χ1) is 52.1. The van der Waals surface area contributed by atoms with Gasteiger partial charge >= 0.3 is 0 Å². The maximum atomic E-state index is 13.4. The maximum Gasteiger partial charge on any atom is 0.220 e. The Labute approximate surface area is 648 Å². The molecule has 0 aromatic heterocycles. The summed E-state index contributed by atoms with van der Waals surface area (Å²) in [6.07, 6.45) is 92.0. The summed E-state index contributed by atoms with van der Waals surface area (Å²) in [4.78, 5) is 13.4. The average Bonchev–Trinajstić information content (AvgIpc) is 0.789. The smallest absolute Gasteiger partial charge is 0.220 e. The van der Waals surface area contributed by atoms with E-state index in [1.165, 1.54) is 257 Å². The summed E-state index contributed by atoms with van der Waals surface area (Å²) in [7, 11) is 0. The molecule has 2 aliphatic heterocycles. The number of unbranched alkanes of at least 4 members (excludes halogenated alkanes) is 45. The van der Waals surface area contributed by atoms with E-state index in [1.54, 1.807) is 6.08 Å². The number of allylic oxidation sites excluding steroid dienone is 17. The molecule has 12 atom stereocenters. The number of nitrogens with one attached hydrogen (secondary N) is 1. The van der Waals surface area contributed by atoms with Crippen molar-refractivity contribution in [2.45, 2.75) is 447 Å². The Morgan fingerprint density at radius 2 is 0.660 bits per heavy atom. The molecular formula is C92H163NO13. The van der Waals surface area contributed by atoms with Crippen molar-refractivity contribution in [2.75, 3.05) is 19.8 Å². The predicted molar refractivity (Wildman–Crippen MR) is 442 cm³/mol. The van der Waals surface area contributed by atoms with Crippen molar-refractivity contribution in [2.24, 2.45) is 0 Å². The Bertz CT molecular complexity index is 2210. The highest BCUT2D eigenvalue weighted by Gasteiger charge is 2.51. The molecule has 2 saturated heterocycles. The first-order valence-corrected chi connectivity index (χ1v) is 44.1. The van der Waals surface area contributed by atoms with Crippen LogP contribution in [-0.4, -0.2) is 140 Å². The van der Waals surface area contributed by atoms with E-state index in [1.807, 2.05) is 6.08 Å². The first-order valence-electron chi connectivity index (χ1n) is 44.1. The van der Waals surface area contributed by atoms with Gasteiger partial charge in [-0.15, -0.1) is 0 Å². The Morgan fingerprint density at radius 1 is 0.349 bits per heavy atom. The van der Waals surface area contributed by atoms with Crippen LogP contribution in [0.3, 0.4) is 0 Å². The molecule has 2 rings (SSSR count). The van der Waals surface area contributed by atoms with Crippen LogP contribution < -0.4 is 5.32 Å². The lowest BCUT2D eigenvalue weighted by Gasteiger charge is -2.46. The van der Waals surface area contributed by atoms with E-state index < -0.39 is 86.8 Å².